The van der Waals surface area contributed by atoms with Crippen LogP contribution in [0.2, 0.25) is 0 Å². The summed E-state index contributed by atoms with van der Waals surface area (Å²) < 4.78 is 0. The quantitative estimate of drug-likeness (QED) is 0.789. The van der Waals surface area contributed by atoms with Crippen LogP contribution in [0.15, 0.2) is 29.2 Å². The number of rotatable bonds is 5. The number of thioether (sulfide) groups is 1. The van der Waals surface area contributed by atoms with E-state index in [4.69, 9.17) is 0 Å². The highest BCUT2D eigenvalue weighted by atomic mass is 32.2. The molecule has 0 aromatic heterocycles. The number of nitrogens with one attached hydrogen (secondary N) is 1. The van der Waals surface area contributed by atoms with Crippen LogP contribution in [0.25, 0.3) is 0 Å². The number of aliphatic hydroxyl groups is 1. The number of hydrogen-bond acceptors (Lipinski definition) is 3. The molecule has 0 radical (unpaired) electrons. The SMILES string of the molecule is CSc1ccc(CNC2(CO)CCCC2)cc1. The molecule has 1 fully saturated rings. The normalized spacial score (nSPS) is 18.5. The molecule has 3 heteroatoms. The number of benzene rings is 1. The molecule has 94 valence electrons. The van der Waals surface area contributed by atoms with Gasteiger partial charge in [-0.25, -0.2) is 0 Å². The molecule has 2 nitrogen and oxygen atoms in total. The van der Waals surface area contributed by atoms with Gasteiger partial charge >= 0.3 is 0 Å². The summed E-state index contributed by atoms with van der Waals surface area (Å²) in [6.45, 7) is 1.12. The fourth-order valence-electron chi connectivity index (χ4n) is 2.48. The first-order chi connectivity index (χ1) is 8.28. The zero-order valence-electron chi connectivity index (χ0n) is 10.4. The lowest BCUT2D eigenvalue weighted by atomic mass is 9.98. The molecule has 1 aliphatic carbocycles. The molecule has 0 bridgehead atoms. The third kappa shape index (κ3) is 3.24. The summed E-state index contributed by atoms with van der Waals surface area (Å²) in [4.78, 5) is 1.30. The molecule has 0 aliphatic heterocycles. The van der Waals surface area contributed by atoms with E-state index in [1.807, 2.05) is 0 Å². The Morgan fingerprint density at radius 2 is 1.88 bits per heavy atom. The summed E-state index contributed by atoms with van der Waals surface area (Å²) in [6, 6.07) is 8.64. The van der Waals surface area contributed by atoms with Gasteiger partial charge in [-0.15, -0.1) is 11.8 Å². The van der Waals surface area contributed by atoms with Crippen molar-refractivity contribution in [1.82, 2.24) is 5.32 Å². The molecule has 2 N–H and O–H groups in total. The van der Waals surface area contributed by atoms with Crippen molar-refractivity contribution in [2.45, 2.75) is 42.7 Å². The number of aliphatic hydroxyl groups excluding tert-OH is 1. The lowest BCUT2D eigenvalue weighted by molar-refractivity contribution is 0.163. The molecule has 0 amide bonds. The lowest BCUT2D eigenvalue weighted by Gasteiger charge is -2.28. The van der Waals surface area contributed by atoms with Crippen LogP contribution in [-0.2, 0) is 6.54 Å². The summed E-state index contributed by atoms with van der Waals surface area (Å²) in [5, 5.41) is 13.1. The third-order valence-electron chi connectivity index (χ3n) is 3.69. The topological polar surface area (TPSA) is 32.3 Å². The van der Waals surface area contributed by atoms with E-state index < -0.39 is 0 Å². The Labute approximate surface area is 108 Å². The van der Waals surface area contributed by atoms with Gasteiger partial charge in [0, 0.05) is 17.0 Å². The van der Waals surface area contributed by atoms with Gasteiger partial charge in [0.25, 0.3) is 0 Å². The average Bonchev–Trinajstić information content (AvgIpc) is 2.86. The van der Waals surface area contributed by atoms with Gasteiger partial charge in [0.05, 0.1) is 6.61 Å². The van der Waals surface area contributed by atoms with Gasteiger partial charge in [-0.3, -0.25) is 0 Å². The first kappa shape index (κ1) is 12.9. The van der Waals surface area contributed by atoms with Crippen molar-refractivity contribution >= 4 is 11.8 Å². The van der Waals surface area contributed by atoms with Gasteiger partial charge in [0.1, 0.15) is 0 Å². The fourth-order valence-corrected chi connectivity index (χ4v) is 2.88. The molecule has 0 saturated heterocycles. The van der Waals surface area contributed by atoms with Crippen LogP contribution >= 0.6 is 11.8 Å². The summed E-state index contributed by atoms with van der Waals surface area (Å²) in [5.74, 6) is 0. The molecule has 0 heterocycles. The molecule has 1 aromatic carbocycles. The van der Waals surface area contributed by atoms with Crippen molar-refractivity contribution in [1.29, 1.82) is 0 Å². The maximum Gasteiger partial charge on any atom is 0.0613 e. The second kappa shape index (κ2) is 5.89. The Hall–Kier alpha value is -0.510. The van der Waals surface area contributed by atoms with Crippen LogP contribution in [0.3, 0.4) is 0 Å². The zero-order chi connectivity index (χ0) is 12.1. The van der Waals surface area contributed by atoms with Crippen molar-refractivity contribution in [3.63, 3.8) is 0 Å². The van der Waals surface area contributed by atoms with E-state index in [-0.39, 0.29) is 12.1 Å². The number of hydrogen-bond donors (Lipinski definition) is 2. The van der Waals surface area contributed by atoms with E-state index in [2.05, 4.69) is 35.8 Å². The highest BCUT2D eigenvalue weighted by molar-refractivity contribution is 7.98. The highest BCUT2D eigenvalue weighted by Crippen LogP contribution is 2.29. The summed E-state index contributed by atoms with van der Waals surface area (Å²) >= 11 is 1.76. The minimum atomic E-state index is -0.0157. The van der Waals surface area contributed by atoms with E-state index in [0.29, 0.717) is 0 Å². The van der Waals surface area contributed by atoms with Crippen LogP contribution in [-0.4, -0.2) is 23.5 Å². The van der Waals surface area contributed by atoms with Crippen LogP contribution in [0, 0.1) is 0 Å². The van der Waals surface area contributed by atoms with Crippen molar-refractivity contribution in [2.24, 2.45) is 0 Å². The minimum Gasteiger partial charge on any atom is -0.394 e. The maximum absolute atomic E-state index is 9.51. The van der Waals surface area contributed by atoms with Crippen LogP contribution in [0.1, 0.15) is 31.2 Å². The summed E-state index contributed by atoms with van der Waals surface area (Å²) in [5.41, 5.74) is 1.28. The average molecular weight is 251 g/mol. The molecule has 1 saturated carbocycles. The van der Waals surface area contributed by atoms with Crippen molar-refractivity contribution in [3.05, 3.63) is 29.8 Å². The smallest absolute Gasteiger partial charge is 0.0613 e. The van der Waals surface area contributed by atoms with Gasteiger partial charge < -0.3 is 10.4 Å². The third-order valence-corrected chi connectivity index (χ3v) is 4.43. The predicted octanol–water partition coefficient (Wildman–Crippen LogP) is 2.80. The van der Waals surface area contributed by atoms with Crippen molar-refractivity contribution in [3.8, 4) is 0 Å². The molecule has 17 heavy (non-hydrogen) atoms. The molecule has 1 aliphatic rings. The first-order valence-corrected chi connectivity index (χ1v) is 7.49. The van der Waals surface area contributed by atoms with Crippen molar-refractivity contribution < 1.29 is 5.11 Å². The van der Waals surface area contributed by atoms with Gasteiger partial charge in [0.15, 0.2) is 0 Å². The molecular formula is C14H21NOS. The second-order valence-corrected chi connectivity index (χ2v) is 5.73. The molecule has 1 aromatic rings. The highest BCUT2D eigenvalue weighted by Gasteiger charge is 2.32. The largest absolute Gasteiger partial charge is 0.394 e. The van der Waals surface area contributed by atoms with Gasteiger partial charge in [-0.1, -0.05) is 25.0 Å². The zero-order valence-corrected chi connectivity index (χ0v) is 11.2. The molecule has 0 atom stereocenters. The molecular weight excluding hydrogens is 230 g/mol. The van der Waals surface area contributed by atoms with E-state index in [9.17, 15) is 5.11 Å². The van der Waals surface area contributed by atoms with Gasteiger partial charge in [-0.2, -0.15) is 0 Å². The predicted molar refractivity (Wildman–Crippen MR) is 73.3 cm³/mol. The first-order valence-electron chi connectivity index (χ1n) is 6.27. The lowest BCUT2D eigenvalue weighted by Crippen LogP contribution is -2.45. The van der Waals surface area contributed by atoms with Crippen LogP contribution in [0.4, 0.5) is 0 Å². The fraction of sp³-hybridized carbons (Fsp3) is 0.571. The summed E-state index contributed by atoms with van der Waals surface area (Å²) in [6.07, 6.45) is 6.77. The molecule has 2 rings (SSSR count). The van der Waals surface area contributed by atoms with Gasteiger partial charge in [-0.05, 0) is 36.8 Å². The Bertz CT molecular complexity index is 344. The Balaban J connectivity index is 1.92. The monoisotopic (exact) mass is 251 g/mol. The summed E-state index contributed by atoms with van der Waals surface area (Å²) in [7, 11) is 0. The van der Waals surface area contributed by atoms with E-state index >= 15 is 0 Å². The molecule has 0 spiro atoms. The molecule has 0 unspecified atom stereocenters. The Morgan fingerprint density at radius 3 is 2.41 bits per heavy atom. The van der Waals surface area contributed by atoms with Crippen LogP contribution < -0.4 is 5.32 Å². The van der Waals surface area contributed by atoms with Gasteiger partial charge in [0.2, 0.25) is 0 Å². The Morgan fingerprint density at radius 1 is 1.24 bits per heavy atom. The van der Waals surface area contributed by atoms with E-state index in [0.717, 1.165) is 19.4 Å². The minimum absolute atomic E-state index is 0.0157. The second-order valence-electron chi connectivity index (χ2n) is 4.85. The van der Waals surface area contributed by atoms with Crippen molar-refractivity contribution in [2.75, 3.05) is 12.9 Å². The van der Waals surface area contributed by atoms with E-state index in [1.54, 1.807) is 11.8 Å². The standard InChI is InChI=1S/C14H21NOS/c1-17-13-6-4-12(5-7-13)10-15-14(11-16)8-2-3-9-14/h4-7,15-16H,2-3,8-11H2,1H3. The Kier molecular flexibility index (Phi) is 4.48. The maximum atomic E-state index is 9.51. The van der Waals surface area contributed by atoms with E-state index in [1.165, 1.54) is 23.3 Å². The van der Waals surface area contributed by atoms with Crippen LogP contribution in [0.5, 0.6) is 0 Å².